The molecular formula is C18H17FN2O2. The van der Waals surface area contributed by atoms with E-state index in [0.29, 0.717) is 29.8 Å². The molecule has 23 heavy (non-hydrogen) atoms. The summed E-state index contributed by atoms with van der Waals surface area (Å²) >= 11 is 0. The van der Waals surface area contributed by atoms with Crippen molar-refractivity contribution < 1.29 is 14.3 Å². The Balaban J connectivity index is 2.12. The van der Waals surface area contributed by atoms with Crippen molar-refractivity contribution in [2.45, 2.75) is 32.1 Å². The Hall–Kier alpha value is -2.56. The van der Waals surface area contributed by atoms with Gasteiger partial charge in [-0.15, -0.1) is 0 Å². The van der Waals surface area contributed by atoms with Gasteiger partial charge in [0, 0.05) is 18.0 Å². The first-order valence-electron chi connectivity index (χ1n) is 7.44. The van der Waals surface area contributed by atoms with Crippen LogP contribution in [0.25, 0.3) is 5.57 Å². The molecule has 0 unspecified atom stereocenters. The maximum Gasteiger partial charge on any atom is 0.318 e. The normalized spacial score (nSPS) is 20.4. The van der Waals surface area contributed by atoms with Gasteiger partial charge in [0.15, 0.2) is 0 Å². The molecule has 1 aromatic carbocycles. The molecule has 1 aromatic heterocycles. The summed E-state index contributed by atoms with van der Waals surface area (Å²) in [5.74, 6) is -0.685. The van der Waals surface area contributed by atoms with Crippen molar-refractivity contribution in [3.63, 3.8) is 0 Å². The van der Waals surface area contributed by atoms with Gasteiger partial charge in [-0.2, -0.15) is 0 Å². The lowest BCUT2D eigenvalue weighted by Crippen LogP contribution is -2.32. The molecule has 0 spiro atoms. The van der Waals surface area contributed by atoms with Crippen LogP contribution in [-0.4, -0.2) is 21.0 Å². The van der Waals surface area contributed by atoms with E-state index >= 15 is 0 Å². The van der Waals surface area contributed by atoms with E-state index in [-0.39, 0.29) is 5.82 Å². The Morgan fingerprint density at radius 2 is 1.96 bits per heavy atom. The van der Waals surface area contributed by atoms with Crippen molar-refractivity contribution in [2.24, 2.45) is 0 Å². The van der Waals surface area contributed by atoms with E-state index in [1.54, 1.807) is 44.4 Å². The van der Waals surface area contributed by atoms with Crippen LogP contribution in [-0.2, 0) is 10.2 Å². The second-order valence-electron chi connectivity index (χ2n) is 5.88. The second kappa shape index (κ2) is 5.57. The molecule has 3 rings (SSSR count). The SMILES string of the molecule is Cc1ncc(C2=C[C@](C(=O)O)(c3cccc(F)c3C)CC2)cn1. The molecule has 118 valence electrons. The zero-order chi connectivity index (χ0) is 16.6. The molecule has 1 aliphatic rings. The molecule has 1 N–H and O–H groups in total. The summed E-state index contributed by atoms with van der Waals surface area (Å²) in [6.07, 6.45) is 6.12. The number of rotatable bonds is 3. The Kier molecular flexibility index (Phi) is 3.72. The van der Waals surface area contributed by atoms with Crippen LogP contribution in [0.1, 0.15) is 35.4 Å². The van der Waals surface area contributed by atoms with Crippen LogP contribution in [0, 0.1) is 19.7 Å². The summed E-state index contributed by atoms with van der Waals surface area (Å²) in [4.78, 5) is 20.3. The molecule has 4 nitrogen and oxygen atoms in total. The molecule has 0 saturated carbocycles. The van der Waals surface area contributed by atoms with Crippen molar-refractivity contribution in [3.8, 4) is 0 Å². The van der Waals surface area contributed by atoms with Gasteiger partial charge in [-0.05, 0) is 49.5 Å². The van der Waals surface area contributed by atoms with Crippen LogP contribution in [0.4, 0.5) is 4.39 Å². The third kappa shape index (κ3) is 2.52. The number of aromatic nitrogens is 2. The van der Waals surface area contributed by atoms with Crippen LogP contribution < -0.4 is 0 Å². The minimum atomic E-state index is -1.20. The molecule has 1 heterocycles. The highest BCUT2D eigenvalue weighted by molar-refractivity contribution is 5.90. The highest BCUT2D eigenvalue weighted by Gasteiger charge is 2.43. The number of allylic oxidation sites excluding steroid dienone is 1. The Morgan fingerprint density at radius 3 is 2.61 bits per heavy atom. The second-order valence-corrected chi connectivity index (χ2v) is 5.88. The maximum absolute atomic E-state index is 13.9. The molecule has 0 amide bonds. The maximum atomic E-state index is 13.9. The van der Waals surface area contributed by atoms with E-state index in [0.717, 1.165) is 11.1 Å². The van der Waals surface area contributed by atoms with Gasteiger partial charge < -0.3 is 5.11 Å². The Labute approximate surface area is 133 Å². The van der Waals surface area contributed by atoms with E-state index in [9.17, 15) is 14.3 Å². The predicted octanol–water partition coefficient (Wildman–Crippen LogP) is 3.43. The number of carboxylic acid groups (broad SMARTS) is 1. The van der Waals surface area contributed by atoms with E-state index in [1.807, 2.05) is 0 Å². The third-order valence-electron chi connectivity index (χ3n) is 4.49. The first kappa shape index (κ1) is 15.3. The molecule has 0 radical (unpaired) electrons. The summed E-state index contributed by atoms with van der Waals surface area (Å²) < 4.78 is 13.9. The molecule has 2 aromatic rings. The zero-order valence-electron chi connectivity index (χ0n) is 13.0. The quantitative estimate of drug-likeness (QED) is 0.943. The fourth-order valence-electron chi connectivity index (χ4n) is 3.15. The highest BCUT2D eigenvalue weighted by atomic mass is 19.1. The summed E-state index contributed by atoms with van der Waals surface area (Å²) in [7, 11) is 0. The lowest BCUT2D eigenvalue weighted by Gasteiger charge is -2.24. The van der Waals surface area contributed by atoms with Gasteiger partial charge in [0.2, 0.25) is 0 Å². The van der Waals surface area contributed by atoms with Gasteiger partial charge in [0.05, 0.1) is 0 Å². The lowest BCUT2D eigenvalue weighted by atomic mass is 9.78. The number of aryl methyl sites for hydroxylation is 1. The standard InChI is InChI=1S/C18H17FN2O2/c1-11-15(4-3-5-16(11)19)18(17(22)23)7-6-13(8-18)14-9-20-12(2)21-10-14/h3-5,8-10H,6-7H2,1-2H3,(H,22,23)/t18-/m0/s1. The van der Waals surface area contributed by atoms with Crippen molar-refractivity contribution in [3.05, 3.63) is 65.0 Å². The van der Waals surface area contributed by atoms with E-state index in [2.05, 4.69) is 9.97 Å². The van der Waals surface area contributed by atoms with Crippen LogP contribution in [0.3, 0.4) is 0 Å². The Bertz CT molecular complexity index is 799. The van der Waals surface area contributed by atoms with Crippen LogP contribution >= 0.6 is 0 Å². The van der Waals surface area contributed by atoms with Crippen LogP contribution in [0.2, 0.25) is 0 Å². The topological polar surface area (TPSA) is 63.1 Å². The minimum Gasteiger partial charge on any atom is -0.480 e. The summed E-state index contributed by atoms with van der Waals surface area (Å²) in [5.41, 5.74) is 1.39. The summed E-state index contributed by atoms with van der Waals surface area (Å²) in [6, 6.07) is 4.60. The van der Waals surface area contributed by atoms with Crippen LogP contribution in [0.5, 0.6) is 0 Å². The molecule has 5 heteroatoms. The van der Waals surface area contributed by atoms with Gasteiger partial charge >= 0.3 is 5.97 Å². The lowest BCUT2D eigenvalue weighted by molar-refractivity contribution is -0.141. The average Bonchev–Trinajstić information content (AvgIpc) is 2.97. The molecular weight excluding hydrogens is 295 g/mol. The number of aliphatic carboxylic acids is 1. The number of benzene rings is 1. The highest BCUT2D eigenvalue weighted by Crippen LogP contribution is 2.44. The summed E-state index contributed by atoms with van der Waals surface area (Å²) in [5, 5.41) is 9.84. The smallest absolute Gasteiger partial charge is 0.318 e. The number of hydrogen-bond donors (Lipinski definition) is 1. The van der Waals surface area contributed by atoms with E-state index in [4.69, 9.17) is 0 Å². The van der Waals surface area contributed by atoms with Crippen molar-refractivity contribution in [1.29, 1.82) is 0 Å². The van der Waals surface area contributed by atoms with Crippen molar-refractivity contribution in [2.75, 3.05) is 0 Å². The van der Waals surface area contributed by atoms with Gasteiger partial charge in [0.25, 0.3) is 0 Å². The van der Waals surface area contributed by atoms with Crippen molar-refractivity contribution in [1.82, 2.24) is 9.97 Å². The largest absolute Gasteiger partial charge is 0.480 e. The molecule has 0 saturated heterocycles. The first-order valence-corrected chi connectivity index (χ1v) is 7.44. The number of halogens is 1. The van der Waals surface area contributed by atoms with Gasteiger partial charge in [-0.1, -0.05) is 18.2 Å². The number of carbonyl (C=O) groups is 1. The molecule has 0 aliphatic heterocycles. The average molecular weight is 312 g/mol. The molecule has 0 fully saturated rings. The number of hydrogen-bond acceptors (Lipinski definition) is 3. The van der Waals surface area contributed by atoms with Gasteiger partial charge in [-0.3, -0.25) is 4.79 Å². The Morgan fingerprint density at radius 1 is 1.26 bits per heavy atom. The minimum absolute atomic E-state index is 0.382. The van der Waals surface area contributed by atoms with E-state index in [1.165, 1.54) is 6.07 Å². The fourth-order valence-corrected chi connectivity index (χ4v) is 3.15. The zero-order valence-corrected chi connectivity index (χ0v) is 13.0. The van der Waals surface area contributed by atoms with E-state index < -0.39 is 11.4 Å². The fraction of sp³-hybridized carbons (Fsp3) is 0.278. The monoisotopic (exact) mass is 312 g/mol. The van der Waals surface area contributed by atoms with Gasteiger partial charge in [0.1, 0.15) is 17.1 Å². The van der Waals surface area contributed by atoms with Crippen LogP contribution in [0.15, 0.2) is 36.7 Å². The molecule has 0 bridgehead atoms. The number of nitrogens with zero attached hydrogens (tertiary/aromatic N) is 2. The van der Waals surface area contributed by atoms with Gasteiger partial charge in [-0.25, -0.2) is 14.4 Å². The first-order chi connectivity index (χ1) is 10.9. The number of carboxylic acids is 1. The molecule has 1 atom stereocenters. The third-order valence-corrected chi connectivity index (χ3v) is 4.49. The summed E-state index contributed by atoms with van der Waals surface area (Å²) in [6.45, 7) is 3.42. The van der Waals surface area contributed by atoms with Crippen molar-refractivity contribution >= 4 is 11.5 Å². The predicted molar refractivity (Wildman–Crippen MR) is 84.4 cm³/mol. The molecule has 1 aliphatic carbocycles.